The lowest BCUT2D eigenvalue weighted by Gasteiger charge is -2.46. The summed E-state index contributed by atoms with van der Waals surface area (Å²) in [5, 5.41) is 1.79. The molecule has 3 heterocycles. The molecule has 2 aliphatic rings. The number of esters is 1. The Labute approximate surface area is 133 Å². The van der Waals surface area contributed by atoms with Gasteiger partial charge in [0, 0.05) is 25.9 Å². The van der Waals surface area contributed by atoms with Crippen LogP contribution >= 0.6 is 0 Å². The minimum absolute atomic E-state index is 0.0761. The van der Waals surface area contributed by atoms with E-state index < -0.39 is 17.3 Å². The van der Waals surface area contributed by atoms with Gasteiger partial charge in [-0.25, -0.2) is 0 Å². The number of ether oxygens (including phenoxy) is 2. The van der Waals surface area contributed by atoms with Crippen molar-refractivity contribution in [1.82, 2.24) is 9.58 Å². The van der Waals surface area contributed by atoms with E-state index in [1.807, 2.05) is 0 Å². The molecule has 3 rings (SSSR count). The summed E-state index contributed by atoms with van der Waals surface area (Å²) in [6, 6.07) is 1.29. The third kappa shape index (κ3) is 2.48. The molecule has 1 aromatic heterocycles. The van der Waals surface area contributed by atoms with Crippen molar-refractivity contribution in [1.29, 1.82) is 0 Å². The number of fused-ring (bicyclic) bond motifs is 2. The predicted molar refractivity (Wildman–Crippen MR) is 81.0 cm³/mol. The Bertz CT molecular complexity index is 712. The summed E-state index contributed by atoms with van der Waals surface area (Å²) in [6.07, 6.45) is 1.26. The van der Waals surface area contributed by atoms with E-state index in [1.54, 1.807) is 35.5 Å². The summed E-state index contributed by atoms with van der Waals surface area (Å²) >= 11 is 0. The van der Waals surface area contributed by atoms with E-state index >= 15 is 0 Å². The predicted octanol–water partition coefficient (Wildman–Crippen LogP) is -0.210. The van der Waals surface area contributed by atoms with Crippen LogP contribution < -0.4 is 15.2 Å². The van der Waals surface area contributed by atoms with Gasteiger partial charge in [0.15, 0.2) is 5.69 Å². The molecule has 1 fully saturated rings. The molecule has 0 radical (unpaired) electrons. The van der Waals surface area contributed by atoms with Crippen molar-refractivity contribution in [2.45, 2.75) is 20.0 Å². The van der Waals surface area contributed by atoms with E-state index in [2.05, 4.69) is 0 Å². The molecule has 1 amide bonds. The molecular weight excluding hydrogens is 302 g/mol. The Morgan fingerprint density at radius 3 is 2.83 bits per heavy atom. The van der Waals surface area contributed by atoms with Crippen LogP contribution in [0.3, 0.4) is 0 Å². The molecule has 8 heteroatoms. The molecule has 1 unspecified atom stereocenters. The number of pyridine rings is 1. The van der Waals surface area contributed by atoms with E-state index in [1.165, 1.54) is 12.3 Å². The van der Waals surface area contributed by atoms with Crippen LogP contribution in [0.1, 0.15) is 24.3 Å². The van der Waals surface area contributed by atoms with E-state index in [-0.39, 0.29) is 23.5 Å². The number of carbonyl (C=O) groups is 2. The third-order valence-electron chi connectivity index (χ3n) is 4.05. The maximum absolute atomic E-state index is 12.8. The van der Waals surface area contributed by atoms with Gasteiger partial charge in [-0.2, -0.15) is 0 Å². The van der Waals surface area contributed by atoms with Crippen molar-refractivity contribution in [3.05, 3.63) is 28.2 Å². The number of morpholine rings is 1. The first-order valence-corrected chi connectivity index (χ1v) is 7.51. The van der Waals surface area contributed by atoms with Crippen molar-refractivity contribution in [3.8, 4) is 5.75 Å². The second-order valence-electron chi connectivity index (χ2n) is 5.91. The lowest BCUT2D eigenvalue weighted by atomic mass is 10.2. The SMILES string of the molecule is CC(C)C(=O)Oc1c2n(ccc1=O)N(C)C1COCCN1C2=O. The number of likely N-dealkylation sites (N-methyl/N-ethyl adjacent to an activating group) is 1. The summed E-state index contributed by atoms with van der Waals surface area (Å²) in [4.78, 5) is 38.5. The van der Waals surface area contributed by atoms with Crippen LogP contribution in [0.2, 0.25) is 0 Å². The fourth-order valence-corrected chi connectivity index (χ4v) is 2.70. The quantitative estimate of drug-likeness (QED) is 0.701. The average molecular weight is 321 g/mol. The molecule has 1 atom stereocenters. The van der Waals surface area contributed by atoms with Crippen LogP contribution in [0.25, 0.3) is 0 Å². The zero-order valence-corrected chi connectivity index (χ0v) is 13.3. The molecule has 0 spiro atoms. The summed E-state index contributed by atoms with van der Waals surface area (Å²) in [6.45, 7) is 4.58. The Kier molecular flexibility index (Phi) is 3.85. The topological polar surface area (TPSA) is 81.1 Å². The maximum Gasteiger partial charge on any atom is 0.313 e. The molecule has 8 nitrogen and oxygen atoms in total. The van der Waals surface area contributed by atoms with Gasteiger partial charge < -0.3 is 14.4 Å². The van der Waals surface area contributed by atoms with Crippen LogP contribution in [0, 0.1) is 5.92 Å². The molecule has 0 aliphatic carbocycles. The Hall–Kier alpha value is -2.35. The normalized spacial score (nSPS) is 20.3. The summed E-state index contributed by atoms with van der Waals surface area (Å²) < 4.78 is 12.2. The first-order valence-electron chi connectivity index (χ1n) is 7.51. The average Bonchev–Trinajstić information content (AvgIpc) is 2.54. The molecule has 23 heavy (non-hydrogen) atoms. The molecule has 0 bridgehead atoms. The Morgan fingerprint density at radius 1 is 1.39 bits per heavy atom. The number of carbonyl (C=O) groups excluding carboxylic acids is 2. The fourth-order valence-electron chi connectivity index (χ4n) is 2.70. The van der Waals surface area contributed by atoms with Crippen LogP contribution in [0.5, 0.6) is 5.75 Å². The number of nitrogens with zero attached hydrogens (tertiary/aromatic N) is 3. The van der Waals surface area contributed by atoms with E-state index in [0.717, 1.165) is 0 Å². The summed E-state index contributed by atoms with van der Waals surface area (Å²) in [5.41, 5.74) is -0.411. The molecule has 1 saturated heterocycles. The standard InChI is InChI=1S/C15H19N3O5/c1-9(2)15(21)23-13-10(19)4-5-18-12(13)14(20)17-6-7-22-8-11(17)16(18)3/h4-5,9,11H,6-8H2,1-3H3. The monoisotopic (exact) mass is 321 g/mol. The number of hydrogen-bond donors (Lipinski definition) is 0. The highest BCUT2D eigenvalue weighted by Crippen LogP contribution is 2.25. The van der Waals surface area contributed by atoms with Crippen LogP contribution in [-0.4, -0.2) is 54.4 Å². The number of aromatic nitrogens is 1. The first-order chi connectivity index (χ1) is 10.9. The van der Waals surface area contributed by atoms with Crippen LogP contribution in [0.15, 0.2) is 17.1 Å². The number of hydrogen-bond acceptors (Lipinski definition) is 6. The van der Waals surface area contributed by atoms with Gasteiger partial charge in [0.25, 0.3) is 5.91 Å². The molecule has 1 aromatic rings. The maximum atomic E-state index is 12.8. The van der Waals surface area contributed by atoms with Gasteiger partial charge in [-0.1, -0.05) is 13.8 Å². The molecule has 2 aliphatic heterocycles. The molecular formula is C15H19N3O5. The smallest absolute Gasteiger partial charge is 0.313 e. The zero-order chi connectivity index (χ0) is 16.7. The highest BCUT2D eigenvalue weighted by Gasteiger charge is 2.40. The largest absolute Gasteiger partial charge is 0.420 e. The van der Waals surface area contributed by atoms with Gasteiger partial charge >= 0.3 is 5.97 Å². The molecule has 0 N–H and O–H groups in total. The zero-order valence-electron chi connectivity index (χ0n) is 13.3. The summed E-state index contributed by atoms with van der Waals surface area (Å²) in [5.74, 6) is -1.49. The van der Waals surface area contributed by atoms with E-state index in [4.69, 9.17) is 9.47 Å². The lowest BCUT2D eigenvalue weighted by Crippen LogP contribution is -2.64. The van der Waals surface area contributed by atoms with Crippen molar-refractivity contribution in [2.75, 3.05) is 31.8 Å². The minimum atomic E-state index is -0.546. The second-order valence-corrected chi connectivity index (χ2v) is 5.91. The van der Waals surface area contributed by atoms with Crippen molar-refractivity contribution in [2.24, 2.45) is 5.92 Å². The van der Waals surface area contributed by atoms with Crippen molar-refractivity contribution in [3.63, 3.8) is 0 Å². The van der Waals surface area contributed by atoms with Gasteiger partial charge in [-0.3, -0.25) is 24.1 Å². The molecule has 124 valence electrons. The molecule has 0 aromatic carbocycles. The van der Waals surface area contributed by atoms with E-state index in [0.29, 0.717) is 19.8 Å². The van der Waals surface area contributed by atoms with Gasteiger partial charge in [0.1, 0.15) is 6.17 Å². The Balaban J connectivity index is 2.11. The highest BCUT2D eigenvalue weighted by molar-refractivity contribution is 5.97. The number of amides is 1. The Morgan fingerprint density at radius 2 is 2.13 bits per heavy atom. The number of rotatable bonds is 2. The van der Waals surface area contributed by atoms with Crippen LogP contribution in [-0.2, 0) is 9.53 Å². The summed E-state index contributed by atoms with van der Waals surface area (Å²) in [7, 11) is 1.79. The van der Waals surface area contributed by atoms with Crippen molar-refractivity contribution >= 4 is 11.9 Å². The van der Waals surface area contributed by atoms with E-state index in [9.17, 15) is 14.4 Å². The van der Waals surface area contributed by atoms with Gasteiger partial charge in [-0.05, 0) is 0 Å². The fraction of sp³-hybridized carbons (Fsp3) is 0.533. The van der Waals surface area contributed by atoms with Gasteiger partial charge in [0.2, 0.25) is 11.2 Å². The van der Waals surface area contributed by atoms with Gasteiger partial charge in [0.05, 0.1) is 19.1 Å². The first kappa shape index (κ1) is 15.5. The third-order valence-corrected chi connectivity index (χ3v) is 4.05. The van der Waals surface area contributed by atoms with Crippen LogP contribution in [0.4, 0.5) is 0 Å². The van der Waals surface area contributed by atoms with Crippen molar-refractivity contribution < 1.29 is 19.1 Å². The molecule has 0 saturated carbocycles. The lowest BCUT2D eigenvalue weighted by molar-refractivity contribution is -0.137. The second kappa shape index (κ2) is 5.69. The highest BCUT2D eigenvalue weighted by atomic mass is 16.5. The van der Waals surface area contributed by atoms with Gasteiger partial charge in [-0.15, -0.1) is 0 Å². The minimum Gasteiger partial charge on any atom is -0.420 e.